The van der Waals surface area contributed by atoms with Crippen LogP contribution in [0, 0.1) is 0 Å². The van der Waals surface area contributed by atoms with E-state index in [9.17, 15) is 4.79 Å². The summed E-state index contributed by atoms with van der Waals surface area (Å²) in [5.41, 5.74) is 0.326. The average molecular weight is 333 g/mol. The van der Waals surface area contributed by atoms with E-state index in [2.05, 4.69) is 33.8 Å². The van der Waals surface area contributed by atoms with Crippen molar-refractivity contribution >= 4 is 17.7 Å². The zero-order valence-electron chi connectivity index (χ0n) is 13.3. The van der Waals surface area contributed by atoms with Gasteiger partial charge in [-0.25, -0.2) is 9.97 Å². The number of amides is 1. The number of rotatable bonds is 3. The van der Waals surface area contributed by atoms with Crippen LogP contribution in [0.2, 0.25) is 0 Å². The van der Waals surface area contributed by atoms with E-state index in [0.29, 0.717) is 28.7 Å². The monoisotopic (exact) mass is 333 g/mol. The summed E-state index contributed by atoms with van der Waals surface area (Å²) < 4.78 is 5.38. The first kappa shape index (κ1) is 15.9. The Morgan fingerprint density at radius 3 is 2.74 bits per heavy atom. The summed E-state index contributed by atoms with van der Waals surface area (Å²) in [7, 11) is 2.08. The molecule has 0 bridgehead atoms. The summed E-state index contributed by atoms with van der Waals surface area (Å²) in [5.74, 6) is -0.0953. The van der Waals surface area contributed by atoms with Gasteiger partial charge < -0.3 is 9.32 Å². The second kappa shape index (κ2) is 6.67. The van der Waals surface area contributed by atoms with Gasteiger partial charge in [0.1, 0.15) is 6.26 Å². The Hall–Kier alpha value is -1.93. The molecule has 0 N–H and O–H groups in total. The number of piperazine rings is 1. The van der Waals surface area contributed by atoms with Crippen molar-refractivity contribution in [1.82, 2.24) is 24.8 Å². The number of carbonyl (C=O) groups is 1. The van der Waals surface area contributed by atoms with E-state index in [1.165, 1.54) is 18.0 Å². The molecule has 1 fully saturated rings. The molecule has 0 radical (unpaired) electrons. The van der Waals surface area contributed by atoms with E-state index in [4.69, 9.17) is 4.42 Å². The van der Waals surface area contributed by atoms with Gasteiger partial charge in [-0.3, -0.25) is 9.69 Å². The van der Waals surface area contributed by atoms with Crippen molar-refractivity contribution in [3.63, 3.8) is 0 Å². The van der Waals surface area contributed by atoms with Gasteiger partial charge in [0.05, 0.1) is 0 Å². The molecule has 2 aromatic heterocycles. The Labute approximate surface area is 139 Å². The van der Waals surface area contributed by atoms with Crippen LogP contribution in [0.3, 0.4) is 0 Å². The SMILES string of the molecule is CC1CN(C(=O)c2coc(Sc3ncccn3)n2)C(C)CN1C. The summed E-state index contributed by atoms with van der Waals surface area (Å²) in [4.78, 5) is 29.3. The van der Waals surface area contributed by atoms with Gasteiger partial charge in [0.25, 0.3) is 11.1 Å². The molecule has 2 unspecified atom stereocenters. The van der Waals surface area contributed by atoms with Crippen LogP contribution in [-0.2, 0) is 0 Å². The van der Waals surface area contributed by atoms with Gasteiger partial charge in [-0.1, -0.05) is 0 Å². The topological polar surface area (TPSA) is 75.4 Å². The van der Waals surface area contributed by atoms with Crippen LogP contribution in [0.25, 0.3) is 0 Å². The predicted octanol–water partition coefficient (Wildman–Crippen LogP) is 1.78. The number of hydrogen-bond donors (Lipinski definition) is 0. The summed E-state index contributed by atoms with van der Waals surface area (Å²) >= 11 is 1.20. The van der Waals surface area contributed by atoms with Crippen LogP contribution in [0.15, 0.2) is 39.5 Å². The van der Waals surface area contributed by atoms with E-state index in [-0.39, 0.29) is 11.9 Å². The largest absolute Gasteiger partial charge is 0.439 e. The van der Waals surface area contributed by atoms with Gasteiger partial charge in [0.2, 0.25) is 0 Å². The lowest BCUT2D eigenvalue weighted by Gasteiger charge is -2.42. The van der Waals surface area contributed by atoms with Gasteiger partial charge in [-0.15, -0.1) is 0 Å². The second-order valence-electron chi connectivity index (χ2n) is 5.73. The standard InChI is InChI=1S/C15H19N5O2S/c1-10-8-20(11(2)7-19(10)3)13(21)12-9-22-15(18-12)23-14-16-5-4-6-17-14/h4-6,9-11H,7-8H2,1-3H3. The molecule has 1 amide bonds. The highest BCUT2D eigenvalue weighted by molar-refractivity contribution is 7.98. The zero-order valence-corrected chi connectivity index (χ0v) is 14.2. The van der Waals surface area contributed by atoms with Crippen molar-refractivity contribution < 1.29 is 9.21 Å². The summed E-state index contributed by atoms with van der Waals surface area (Å²) in [6.45, 7) is 5.70. The fourth-order valence-corrected chi connectivity index (χ4v) is 3.17. The number of likely N-dealkylation sites (N-methyl/N-ethyl adjacent to an activating group) is 1. The van der Waals surface area contributed by atoms with Crippen molar-refractivity contribution in [2.45, 2.75) is 36.3 Å². The molecule has 3 rings (SSSR count). The molecule has 122 valence electrons. The Morgan fingerprint density at radius 1 is 1.26 bits per heavy atom. The fraction of sp³-hybridized carbons (Fsp3) is 0.467. The number of hydrogen-bond acceptors (Lipinski definition) is 7. The molecule has 0 aromatic carbocycles. The number of carbonyl (C=O) groups excluding carboxylic acids is 1. The maximum absolute atomic E-state index is 12.7. The van der Waals surface area contributed by atoms with E-state index in [1.807, 2.05) is 11.8 Å². The van der Waals surface area contributed by atoms with E-state index in [1.54, 1.807) is 18.5 Å². The van der Waals surface area contributed by atoms with E-state index in [0.717, 1.165) is 6.54 Å². The summed E-state index contributed by atoms with van der Waals surface area (Å²) in [6.07, 6.45) is 4.71. The molecule has 1 aliphatic heterocycles. The number of oxazole rings is 1. The first-order chi connectivity index (χ1) is 11.0. The smallest absolute Gasteiger partial charge is 0.276 e. The highest BCUT2D eigenvalue weighted by atomic mass is 32.2. The molecule has 2 atom stereocenters. The predicted molar refractivity (Wildman–Crippen MR) is 85.2 cm³/mol. The van der Waals surface area contributed by atoms with Crippen molar-refractivity contribution in [2.75, 3.05) is 20.1 Å². The lowest BCUT2D eigenvalue weighted by Crippen LogP contribution is -2.56. The van der Waals surface area contributed by atoms with Crippen LogP contribution >= 0.6 is 11.8 Å². The minimum absolute atomic E-state index is 0.0953. The molecule has 8 heteroatoms. The molecular formula is C15H19N5O2S. The zero-order chi connectivity index (χ0) is 16.4. The van der Waals surface area contributed by atoms with Gasteiger partial charge >= 0.3 is 0 Å². The highest BCUT2D eigenvalue weighted by Gasteiger charge is 2.32. The van der Waals surface area contributed by atoms with Crippen molar-refractivity contribution in [3.8, 4) is 0 Å². The summed E-state index contributed by atoms with van der Waals surface area (Å²) in [5, 5.41) is 0.907. The molecule has 3 heterocycles. The maximum atomic E-state index is 12.7. The maximum Gasteiger partial charge on any atom is 0.276 e. The van der Waals surface area contributed by atoms with Crippen LogP contribution in [0.5, 0.6) is 0 Å². The van der Waals surface area contributed by atoms with Gasteiger partial charge in [-0.05, 0) is 27.0 Å². The van der Waals surface area contributed by atoms with Crippen LogP contribution in [-0.4, -0.2) is 62.9 Å². The molecule has 1 aliphatic rings. The summed E-state index contributed by atoms with van der Waals surface area (Å²) in [6, 6.07) is 2.22. The Balaban J connectivity index is 1.71. The van der Waals surface area contributed by atoms with Gasteiger partial charge in [0.15, 0.2) is 10.9 Å². The molecule has 23 heavy (non-hydrogen) atoms. The van der Waals surface area contributed by atoms with Crippen molar-refractivity contribution in [1.29, 1.82) is 0 Å². The van der Waals surface area contributed by atoms with Crippen LogP contribution in [0.4, 0.5) is 0 Å². The fourth-order valence-electron chi connectivity index (χ4n) is 2.55. The molecule has 2 aromatic rings. The van der Waals surface area contributed by atoms with E-state index >= 15 is 0 Å². The molecular weight excluding hydrogens is 314 g/mol. The lowest BCUT2D eigenvalue weighted by molar-refractivity contribution is 0.0392. The molecule has 0 spiro atoms. The third-order valence-electron chi connectivity index (χ3n) is 3.98. The molecule has 0 saturated carbocycles. The van der Waals surface area contributed by atoms with Gasteiger partial charge in [-0.2, -0.15) is 4.98 Å². The average Bonchev–Trinajstić information content (AvgIpc) is 3.00. The van der Waals surface area contributed by atoms with E-state index < -0.39 is 0 Å². The molecule has 1 saturated heterocycles. The number of nitrogens with zero attached hydrogens (tertiary/aromatic N) is 5. The second-order valence-corrected chi connectivity index (χ2v) is 6.65. The Kier molecular flexibility index (Phi) is 4.63. The minimum Gasteiger partial charge on any atom is -0.439 e. The quantitative estimate of drug-likeness (QED) is 0.793. The molecule has 0 aliphatic carbocycles. The highest BCUT2D eigenvalue weighted by Crippen LogP contribution is 2.24. The van der Waals surface area contributed by atoms with Crippen molar-refractivity contribution in [2.24, 2.45) is 0 Å². The Bertz CT molecular complexity index is 678. The normalized spacial score (nSPS) is 22.3. The minimum atomic E-state index is -0.0953. The Morgan fingerprint density at radius 2 is 2.00 bits per heavy atom. The first-order valence-electron chi connectivity index (χ1n) is 7.46. The van der Waals surface area contributed by atoms with Gasteiger partial charge in [0, 0.05) is 49.3 Å². The lowest BCUT2D eigenvalue weighted by atomic mass is 10.1. The van der Waals surface area contributed by atoms with Crippen LogP contribution < -0.4 is 0 Å². The molecule has 7 nitrogen and oxygen atoms in total. The third-order valence-corrected chi connectivity index (χ3v) is 4.74. The van der Waals surface area contributed by atoms with Crippen LogP contribution in [0.1, 0.15) is 24.3 Å². The first-order valence-corrected chi connectivity index (χ1v) is 8.28. The van der Waals surface area contributed by atoms with Crippen molar-refractivity contribution in [3.05, 3.63) is 30.4 Å². The number of aromatic nitrogens is 3. The third kappa shape index (κ3) is 3.53.